The van der Waals surface area contributed by atoms with E-state index in [2.05, 4.69) is 129 Å². The van der Waals surface area contributed by atoms with Crippen LogP contribution in [0.15, 0.2) is 66.3 Å². The van der Waals surface area contributed by atoms with Crippen molar-refractivity contribution >= 4 is 3.21 Å². The summed E-state index contributed by atoms with van der Waals surface area (Å²) >= 11 is 1.51. The van der Waals surface area contributed by atoms with Gasteiger partial charge in [-0.05, 0) is 37.0 Å². The van der Waals surface area contributed by atoms with Crippen LogP contribution in [-0.4, -0.2) is 3.21 Å². The first-order valence-electron chi connectivity index (χ1n) is 14.5. The zero-order valence-electron chi connectivity index (χ0n) is 26.4. The van der Waals surface area contributed by atoms with Gasteiger partial charge in [-0.3, -0.25) is 6.08 Å². The van der Waals surface area contributed by atoms with Gasteiger partial charge in [0.1, 0.15) is 0 Å². The van der Waals surface area contributed by atoms with Crippen molar-refractivity contribution in [2.75, 3.05) is 0 Å². The van der Waals surface area contributed by atoms with Crippen LogP contribution < -0.4 is 24.8 Å². The molecule has 0 radical (unpaired) electrons. The molecule has 2 aliphatic carbocycles. The predicted molar refractivity (Wildman–Crippen MR) is 167 cm³/mol. The summed E-state index contributed by atoms with van der Waals surface area (Å²) in [6.07, 6.45) is 12.9. The molecule has 0 aliphatic heterocycles. The number of aryl methyl sites for hydroxylation is 4. The summed E-state index contributed by atoms with van der Waals surface area (Å²) in [5.41, 5.74) is 14.2. The molecule has 0 amide bonds. The SMILES string of the molecule is CCCCC1[C-]=CC(C(C)(C)C)=C1.C[C](=[Zr+2])c1ccccc1.Cc1[c-]c2c(cc1C)-c1cc(C)c(C)cc1C2.[Cl-].[Cl-]. The van der Waals surface area contributed by atoms with E-state index in [0.29, 0.717) is 11.3 Å². The third-order valence-electron chi connectivity index (χ3n) is 7.77. The zero-order valence-corrected chi connectivity index (χ0v) is 30.4. The van der Waals surface area contributed by atoms with E-state index < -0.39 is 0 Å². The molecule has 3 aromatic carbocycles. The van der Waals surface area contributed by atoms with Gasteiger partial charge in [-0.25, -0.2) is 6.08 Å². The number of benzene rings is 3. The summed E-state index contributed by atoms with van der Waals surface area (Å²) in [7, 11) is 0. The molecule has 3 aromatic rings. The first-order chi connectivity index (χ1) is 18.4. The second kappa shape index (κ2) is 16.9. The van der Waals surface area contributed by atoms with Gasteiger partial charge in [-0.1, -0.05) is 89.8 Å². The Morgan fingerprint density at radius 3 is 2.05 bits per heavy atom. The molecule has 5 rings (SSSR count). The summed E-state index contributed by atoms with van der Waals surface area (Å²) in [5.74, 6) is 0.592. The minimum Gasteiger partial charge on any atom is -1.00 e. The van der Waals surface area contributed by atoms with Crippen molar-refractivity contribution in [3.8, 4) is 11.1 Å². The number of allylic oxidation sites excluding steroid dienone is 4. The molecule has 0 spiro atoms. The zero-order chi connectivity index (χ0) is 28.7. The van der Waals surface area contributed by atoms with Gasteiger partial charge in [0.15, 0.2) is 0 Å². The average Bonchev–Trinajstić information content (AvgIpc) is 3.50. The van der Waals surface area contributed by atoms with Crippen LogP contribution in [0.25, 0.3) is 11.1 Å². The molecule has 0 N–H and O–H groups in total. The van der Waals surface area contributed by atoms with Gasteiger partial charge in [-0.2, -0.15) is 34.9 Å². The Labute approximate surface area is 278 Å². The van der Waals surface area contributed by atoms with Gasteiger partial charge >= 0.3 is 70.3 Å². The molecule has 3 heteroatoms. The van der Waals surface area contributed by atoms with Crippen LogP contribution in [0.3, 0.4) is 0 Å². The standard InChI is InChI=1S/C17H17.C13H21.C8H8.2ClH.Zr/c1-10-5-14-9-15-6-11(2)13(4)8-17(15)16(14)7-12(10)3;1-5-6-7-11-8-9-12(10-11)13(2,3)4;1-2-8-6-4-3-5-7-8;;;/h5,7-8H,9H2,1-4H3;9-11H,5-7H2,1-4H3;3-7H,1H3;2*1H;/q2*-1;;;;+2/p-2. The van der Waals surface area contributed by atoms with Gasteiger partial charge in [0.2, 0.25) is 0 Å². The minimum absolute atomic E-state index is 0. The quantitative estimate of drug-likeness (QED) is 0.287. The van der Waals surface area contributed by atoms with Crippen LogP contribution in [0.2, 0.25) is 0 Å². The van der Waals surface area contributed by atoms with E-state index in [4.69, 9.17) is 0 Å². The molecule has 41 heavy (non-hydrogen) atoms. The van der Waals surface area contributed by atoms with Crippen LogP contribution in [0.4, 0.5) is 0 Å². The van der Waals surface area contributed by atoms with Gasteiger partial charge < -0.3 is 24.8 Å². The predicted octanol–water partition coefficient (Wildman–Crippen LogP) is 4.21. The minimum atomic E-state index is 0. The summed E-state index contributed by atoms with van der Waals surface area (Å²) in [6.45, 7) is 19.9. The number of hydrogen-bond acceptors (Lipinski definition) is 0. The molecule has 0 saturated heterocycles. The second-order valence-corrected chi connectivity index (χ2v) is 14.0. The summed E-state index contributed by atoms with van der Waals surface area (Å²) in [6, 6.07) is 21.0. The molecular formula is C38H46Cl2Zr-2. The molecule has 1 unspecified atom stereocenters. The molecule has 0 fully saturated rings. The van der Waals surface area contributed by atoms with E-state index >= 15 is 0 Å². The third kappa shape index (κ3) is 10.6. The van der Waals surface area contributed by atoms with Crippen molar-refractivity contribution in [1.82, 2.24) is 0 Å². The molecule has 0 heterocycles. The van der Waals surface area contributed by atoms with E-state index in [9.17, 15) is 0 Å². The van der Waals surface area contributed by atoms with Crippen LogP contribution in [0, 0.1) is 51.2 Å². The van der Waals surface area contributed by atoms with Crippen LogP contribution >= 0.6 is 0 Å². The molecule has 218 valence electrons. The number of fused-ring (bicyclic) bond motifs is 3. The van der Waals surface area contributed by atoms with Crippen LogP contribution in [-0.2, 0) is 30.7 Å². The monoisotopic (exact) mass is 662 g/mol. The first-order valence-corrected chi connectivity index (χ1v) is 15.7. The maximum absolute atomic E-state index is 3.54. The largest absolute Gasteiger partial charge is 1.00 e. The molecular weight excluding hydrogens is 619 g/mol. The summed E-state index contributed by atoms with van der Waals surface area (Å²) in [4.78, 5) is 0. The van der Waals surface area contributed by atoms with Crippen molar-refractivity contribution in [3.05, 3.63) is 117 Å². The van der Waals surface area contributed by atoms with Gasteiger partial charge in [0.05, 0.1) is 0 Å². The topological polar surface area (TPSA) is 0 Å². The normalized spacial score (nSPS) is 14.2. The number of rotatable bonds is 4. The van der Waals surface area contributed by atoms with Crippen molar-refractivity contribution < 1.29 is 49.0 Å². The van der Waals surface area contributed by atoms with E-state index in [-0.39, 0.29) is 24.8 Å². The number of halogens is 2. The number of unbranched alkanes of at least 4 members (excludes halogenated alkanes) is 1. The Morgan fingerprint density at radius 2 is 1.51 bits per heavy atom. The fourth-order valence-corrected chi connectivity index (χ4v) is 5.31. The second-order valence-electron chi connectivity index (χ2n) is 12.2. The smallest absolute Gasteiger partial charge is 0.0253 e. The van der Waals surface area contributed by atoms with Crippen molar-refractivity contribution in [2.24, 2.45) is 11.3 Å². The molecule has 1 atom stereocenters. The van der Waals surface area contributed by atoms with E-state index in [1.54, 1.807) is 0 Å². The summed E-state index contributed by atoms with van der Waals surface area (Å²) < 4.78 is 1.46. The van der Waals surface area contributed by atoms with Crippen LogP contribution in [0.1, 0.15) is 92.8 Å². The van der Waals surface area contributed by atoms with Gasteiger partial charge in [0, 0.05) is 0 Å². The Kier molecular flexibility index (Phi) is 15.5. The average molecular weight is 665 g/mol. The molecule has 0 nitrogen and oxygen atoms in total. The molecule has 0 bridgehead atoms. The van der Waals surface area contributed by atoms with E-state index in [0.717, 1.165) is 6.42 Å². The van der Waals surface area contributed by atoms with E-state index in [1.807, 2.05) is 6.07 Å². The Balaban J connectivity index is 0.000000315. The fraction of sp³-hybridized carbons (Fsp3) is 0.395. The first kappa shape index (κ1) is 37.5. The Morgan fingerprint density at radius 1 is 0.902 bits per heavy atom. The van der Waals surface area contributed by atoms with Crippen molar-refractivity contribution in [2.45, 2.75) is 88.0 Å². The Hall–Kier alpha value is -1.53. The van der Waals surface area contributed by atoms with Gasteiger partial charge in [0.25, 0.3) is 0 Å². The summed E-state index contributed by atoms with van der Waals surface area (Å²) in [5, 5.41) is 0. The molecule has 0 saturated carbocycles. The maximum atomic E-state index is 3.54. The third-order valence-corrected chi connectivity index (χ3v) is 8.48. The van der Waals surface area contributed by atoms with Crippen molar-refractivity contribution in [1.29, 1.82) is 0 Å². The molecule has 0 aromatic heterocycles. The maximum Gasteiger partial charge on any atom is -0.0253 e. The molecule has 2 aliphatic rings. The fourth-order valence-electron chi connectivity index (χ4n) is 4.90. The van der Waals surface area contributed by atoms with Gasteiger partial charge in [-0.15, -0.1) is 11.1 Å². The number of hydrogen-bond donors (Lipinski definition) is 0. The van der Waals surface area contributed by atoms with Crippen molar-refractivity contribution in [3.63, 3.8) is 0 Å². The van der Waals surface area contributed by atoms with Crippen LogP contribution in [0.5, 0.6) is 0 Å². The van der Waals surface area contributed by atoms with E-state index in [1.165, 1.54) is 102 Å². The Bertz CT molecular complexity index is 1300.